The van der Waals surface area contributed by atoms with Gasteiger partial charge in [0.1, 0.15) is 5.75 Å². The predicted molar refractivity (Wildman–Crippen MR) is 88.6 cm³/mol. The Kier molecular flexibility index (Phi) is 7.50. The van der Waals surface area contributed by atoms with Crippen molar-refractivity contribution in [2.75, 3.05) is 6.61 Å². The fourth-order valence-corrected chi connectivity index (χ4v) is 2.12. The van der Waals surface area contributed by atoms with E-state index >= 15 is 0 Å². The molecule has 0 amide bonds. The molecular formula is C18H21F3N2O2. The lowest BCUT2D eigenvalue weighted by Gasteiger charge is -2.10. The average molecular weight is 354 g/mol. The van der Waals surface area contributed by atoms with Crippen molar-refractivity contribution in [1.29, 1.82) is 0 Å². The van der Waals surface area contributed by atoms with Crippen LogP contribution in [0.2, 0.25) is 0 Å². The Labute approximate surface area is 145 Å². The van der Waals surface area contributed by atoms with Crippen molar-refractivity contribution in [3.8, 4) is 22.9 Å². The number of nitrogens with zero attached hydrogens (tertiary/aromatic N) is 2. The van der Waals surface area contributed by atoms with E-state index in [-0.39, 0.29) is 5.75 Å². The Morgan fingerprint density at radius 3 is 2.20 bits per heavy atom. The van der Waals surface area contributed by atoms with E-state index in [0.717, 1.165) is 12.8 Å². The topological polar surface area (TPSA) is 44.2 Å². The van der Waals surface area contributed by atoms with Gasteiger partial charge in [-0.1, -0.05) is 26.2 Å². The van der Waals surface area contributed by atoms with Gasteiger partial charge >= 0.3 is 6.43 Å². The summed E-state index contributed by atoms with van der Waals surface area (Å²) in [6, 6.07) is 5.94. The lowest BCUT2D eigenvalue weighted by atomic mass is 10.2. The minimum Gasteiger partial charge on any atom is -0.490 e. The van der Waals surface area contributed by atoms with Gasteiger partial charge in [-0.2, -0.15) is 4.39 Å². The van der Waals surface area contributed by atoms with Crippen LogP contribution in [0.3, 0.4) is 0 Å². The van der Waals surface area contributed by atoms with Gasteiger partial charge in [0.2, 0.25) is 0 Å². The summed E-state index contributed by atoms with van der Waals surface area (Å²) in [6.07, 6.45) is 1.84. The lowest BCUT2D eigenvalue weighted by molar-refractivity contribution is -0.0668. The van der Waals surface area contributed by atoms with Crippen molar-refractivity contribution >= 4 is 0 Å². The highest BCUT2D eigenvalue weighted by molar-refractivity contribution is 5.56. The third-order valence-corrected chi connectivity index (χ3v) is 3.45. The minimum absolute atomic E-state index is 0.0172. The van der Waals surface area contributed by atoms with E-state index in [4.69, 9.17) is 4.74 Å². The lowest BCUT2D eigenvalue weighted by Crippen LogP contribution is -2.19. The van der Waals surface area contributed by atoms with Gasteiger partial charge in [-0.05, 0) is 30.7 Å². The van der Waals surface area contributed by atoms with Crippen molar-refractivity contribution in [3.63, 3.8) is 0 Å². The monoisotopic (exact) mass is 354 g/mol. The van der Waals surface area contributed by atoms with Crippen molar-refractivity contribution in [1.82, 2.24) is 9.97 Å². The van der Waals surface area contributed by atoms with E-state index in [0.29, 0.717) is 23.7 Å². The van der Waals surface area contributed by atoms with Gasteiger partial charge in [-0.3, -0.25) is 0 Å². The zero-order valence-electron chi connectivity index (χ0n) is 14.0. The zero-order chi connectivity index (χ0) is 18.1. The maximum atomic E-state index is 12.8. The molecule has 0 saturated heterocycles. The first-order chi connectivity index (χ1) is 12.1. The second kappa shape index (κ2) is 9.86. The summed E-state index contributed by atoms with van der Waals surface area (Å²) in [6.45, 7) is 2.78. The molecule has 0 fully saturated rings. The van der Waals surface area contributed by atoms with Gasteiger partial charge in [0.05, 0.1) is 19.0 Å². The van der Waals surface area contributed by atoms with Gasteiger partial charge in [0, 0.05) is 5.56 Å². The fraction of sp³-hybridized carbons (Fsp3) is 0.444. The predicted octanol–water partition coefficient (Wildman–Crippen LogP) is 5.04. The van der Waals surface area contributed by atoms with Crippen LogP contribution in [0.5, 0.6) is 11.5 Å². The molecule has 0 bridgehead atoms. The Morgan fingerprint density at radius 2 is 1.60 bits per heavy atom. The summed E-state index contributed by atoms with van der Waals surface area (Å²) >= 11 is 0. The van der Waals surface area contributed by atoms with E-state index in [1.54, 1.807) is 24.5 Å². The molecular weight excluding hydrogens is 333 g/mol. The van der Waals surface area contributed by atoms with Gasteiger partial charge in [0.25, 0.3) is 6.36 Å². The molecule has 0 spiro atoms. The van der Waals surface area contributed by atoms with Gasteiger partial charge in [0.15, 0.2) is 11.6 Å². The summed E-state index contributed by atoms with van der Waals surface area (Å²) in [4.78, 5) is 8.42. The number of alkyl halides is 3. The average Bonchev–Trinajstić information content (AvgIpc) is 2.63. The second-order valence-electron chi connectivity index (χ2n) is 5.48. The molecule has 1 atom stereocenters. The number of aromatic nitrogens is 2. The summed E-state index contributed by atoms with van der Waals surface area (Å²) in [5, 5.41) is 0. The molecule has 2 aromatic rings. The quantitative estimate of drug-likeness (QED) is 0.561. The molecule has 136 valence electrons. The van der Waals surface area contributed by atoms with Crippen LogP contribution in [0.15, 0.2) is 36.7 Å². The summed E-state index contributed by atoms with van der Waals surface area (Å²) in [5.41, 5.74) is 0.661. The Balaban J connectivity index is 1.89. The van der Waals surface area contributed by atoms with Crippen LogP contribution in [-0.2, 0) is 0 Å². The number of benzene rings is 1. The number of hydrogen-bond acceptors (Lipinski definition) is 4. The van der Waals surface area contributed by atoms with Crippen molar-refractivity contribution < 1.29 is 22.6 Å². The van der Waals surface area contributed by atoms with E-state index in [1.807, 2.05) is 0 Å². The molecule has 0 aliphatic carbocycles. The van der Waals surface area contributed by atoms with Crippen molar-refractivity contribution in [3.05, 3.63) is 36.7 Å². The molecule has 1 aromatic carbocycles. The molecule has 0 radical (unpaired) electrons. The van der Waals surface area contributed by atoms with Crippen molar-refractivity contribution in [2.24, 2.45) is 0 Å². The molecule has 7 heteroatoms. The molecule has 0 N–H and O–H groups in total. The third kappa shape index (κ3) is 6.25. The van der Waals surface area contributed by atoms with Crippen molar-refractivity contribution in [2.45, 2.75) is 45.4 Å². The van der Waals surface area contributed by atoms with E-state index in [1.165, 1.54) is 25.0 Å². The minimum atomic E-state index is -3.18. The molecule has 0 aliphatic heterocycles. The molecule has 1 heterocycles. The number of hydrogen-bond donors (Lipinski definition) is 0. The normalized spacial score (nSPS) is 12.2. The number of unbranched alkanes of at least 4 members (excludes halogenated alkanes) is 3. The van der Waals surface area contributed by atoms with E-state index in [2.05, 4.69) is 21.6 Å². The van der Waals surface area contributed by atoms with Crippen LogP contribution in [0.1, 0.15) is 32.6 Å². The summed E-state index contributed by atoms with van der Waals surface area (Å²) in [5.74, 6) is 1.07. The maximum Gasteiger partial charge on any atom is 0.304 e. The first-order valence-electron chi connectivity index (χ1n) is 8.24. The SMILES string of the molecule is CCCCCCOc1cnc(-c2ccc(OC(F)C(F)F)cc2)nc1. The molecule has 1 aromatic heterocycles. The molecule has 2 rings (SSSR count). The Hall–Kier alpha value is -2.31. The van der Waals surface area contributed by atoms with E-state index in [9.17, 15) is 13.2 Å². The van der Waals surface area contributed by atoms with Crippen LogP contribution in [0, 0.1) is 0 Å². The summed E-state index contributed by atoms with van der Waals surface area (Å²) < 4.78 is 47.1. The Bertz CT molecular complexity index is 621. The standard InChI is InChI=1S/C18H21F3N2O2/c1-2-3-4-5-10-24-15-11-22-18(23-12-15)13-6-8-14(9-7-13)25-17(21)16(19)20/h6-9,11-12,16-17H,2-5,10H2,1H3. The largest absolute Gasteiger partial charge is 0.490 e. The highest BCUT2D eigenvalue weighted by atomic mass is 19.3. The van der Waals surface area contributed by atoms with Crippen LogP contribution in [0.4, 0.5) is 13.2 Å². The third-order valence-electron chi connectivity index (χ3n) is 3.45. The van der Waals surface area contributed by atoms with Gasteiger partial charge in [-0.25, -0.2) is 18.7 Å². The second-order valence-corrected chi connectivity index (χ2v) is 5.48. The van der Waals surface area contributed by atoms with Crippen LogP contribution in [-0.4, -0.2) is 29.4 Å². The number of ether oxygens (including phenoxy) is 2. The van der Waals surface area contributed by atoms with E-state index < -0.39 is 12.8 Å². The maximum absolute atomic E-state index is 12.8. The van der Waals surface area contributed by atoms with Gasteiger partial charge < -0.3 is 9.47 Å². The van der Waals surface area contributed by atoms with Crippen LogP contribution < -0.4 is 9.47 Å². The highest BCUT2D eigenvalue weighted by Gasteiger charge is 2.20. The molecule has 4 nitrogen and oxygen atoms in total. The number of rotatable bonds is 10. The first-order valence-corrected chi connectivity index (χ1v) is 8.24. The summed E-state index contributed by atoms with van der Waals surface area (Å²) in [7, 11) is 0. The smallest absolute Gasteiger partial charge is 0.304 e. The fourth-order valence-electron chi connectivity index (χ4n) is 2.12. The number of halogens is 3. The molecule has 1 unspecified atom stereocenters. The molecule has 0 saturated carbocycles. The zero-order valence-corrected chi connectivity index (χ0v) is 14.0. The Morgan fingerprint density at radius 1 is 0.920 bits per heavy atom. The highest BCUT2D eigenvalue weighted by Crippen LogP contribution is 2.22. The molecule has 25 heavy (non-hydrogen) atoms. The van der Waals surface area contributed by atoms with Gasteiger partial charge in [-0.15, -0.1) is 0 Å². The molecule has 0 aliphatic rings. The van der Waals surface area contributed by atoms with Crippen LogP contribution >= 0.6 is 0 Å². The first kappa shape index (κ1) is 19.0. The van der Waals surface area contributed by atoms with Crippen LogP contribution in [0.25, 0.3) is 11.4 Å².